The number of fused-ring (bicyclic) bond motifs is 1. The van der Waals surface area contributed by atoms with Gasteiger partial charge in [0.2, 0.25) is 0 Å². The molecule has 4 heteroatoms. The number of benzene rings is 1. The molecule has 0 aliphatic carbocycles. The van der Waals surface area contributed by atoms with Gasteiger partial charge in [-0.15, -0.1) is 0 Å². The summed E-state index contributed by atoms with van der Waals surface area (Å²) in [7, 11) is 0. The number of nitrogens with one attached hydrogen (secondary N) is 1. The van der Waals surface area contributed by atoms with E-state index in [9.17, 15) is 4.79 Å². The zero-order chi connectivity index (χ0) is 11.8. The molecule has 1 saturated heterocycles. The van der Waals surface area contributed by atoms with Crippen molar-refractivity contribution >= 4 is 5.97 Å². The van der Waals surface area contributed by atoms with Gasteiger partial charge in [0.25, 0.3) is 0 Å². The van der Waals surface area contributed by atoms with Crippen LogP contribution in [0.25, 0.3) is 0 Å². The summed E-state index contributed by atoms with van der Waals surface area (Å²) in [4.78, 5) is 10.9. The average molecular weight is 233 g/mol. The molecule has 2 heterocycles. The number of carboxylic acids is 1. The Balaban J connectivity index is 1.86. The molecule has 90 valence electrons. The quantitative estimate of drug-likeness (QED) is 0.809. The molecular formula is C13H15NO3. The highest BCUT2D eigenvalue weighted by Gasteiger charge is 2.32. The van der Waals surface area contributed by atoms with Crippen molar-refractivity contribution in [2.75, 3.05) is 13.2 Å². The second-order valence-corrected chi connectivity index (χ2v) is 4.67. The lowest BCUT2D eigenvalue weighted by Crippen LogP contribution is -2.17. The van der Waals surface area contributed by atoms with E-state index in [-0.39, 0.29) is 12.0 Å². The number of para-hydroxylation sites is 1. The third kappa shape index (κ3) is 1.78. The van der Waals surface area contributed by atoms with Gasteiger partial charge in [-0.3, -0.25) is 4.79 Å². The van der Waals surface area contributed by atoms with Crippen LogP contribution in [0.1, 0.15) is 23.6 Å². The maximum atomic E-state index is 10.9. The topological polar surface area (TPSA) is 58.6 Å². The molecule has 0 saturated carbocycles. The number of hydrogen-bond acceptors (Lipinski definition) is 3. The van der Waals surface area contributed by atoms with Crippen molar-refractivity contribution in [1.29, 1.82) is 0 Å². The first-order valence-electron chi connectivity index (χ1n) is 5.96. The van der Waals surface area contributed by atoms with Crippen molar-refractivity contribution in [3.63, 3.8) is 0 Å². The Morgan fingerprint density at radius 3 is 3.12 bits per heavy atom. The van der Waals surface area contributed by atoms with Crippen molar-refractivity contribution in [3.05, 3.63) is 29.3 Å². The minimum atomic E-state index is -0.714. The van der Waals surface area contributed by atoms with Crippen LogP contribution >= 0.6 is 0 Å². The van der Waals surface area contributed by atoms with Crippen LogP contribution in [-0.2, 0) is 11.2 Å². The van der Waals surface area contributed by atoms with Crippen LogP contribution in [0.15, 0.2) is 18.2 Å². The Bertz CT molecular complexity index is 458. The second kappa shape index (κ2) is 4.04. The normalized spacial score (nSPS) is 26.6. The van der Waals surface area contributed by atoms with Crippen molar-refractivity contribution in [3.8, 4) is 5.75 Å². The first-order valence-corrected chi connectivity index (χ1v) is 5.96. The molecule has 1 fully saturated rings. The monoisotopic (exact) mass is 233 g/mol. The van der Waals surface area contributed by atoms with Crippen LogP contribution in [0.2, 0.25) is 0 Å². The maximum Gasteiger partial charge on any atom is 0.307 e. The predicted molar refractivity (Wildman–Crippen MR) is 62.1 cm³/mol. The summed E-state index contributed by atoms with van der Waals surface area (Å²) in [6.45, 7) is 1.28. The van der Waals surface area contributed by atoms with Crippen LogP contribution in [0.4, 0.5) is 0 Å². The van der Waals surface area contributed by atoms with Crippen molar-refractivity contribution in [2.45, 2.75) is 18.9 Å². The summed E-state index contributed by atoms with van der Waals surface area (Å²) in [6, 6.07) is 6.25. The minimum absolute atomic E-state index is 0.115. The van der Waals surface area contributed by atoms with E-state index in [4.69, 9.17) is 9.84 Å². The molecule has 0 spiro atoms. The molecule has 17 heavy (non-hydrogen) atoms. The number of ether oxygens (including phenoxy) is 1. The Morgan fingerprint density at radius 2 is 2.35 bits per heavy atom. The standard InChI is InChI=1S/C13H15NO3/c15-13(16)9-6-11(14-7-9)10-3-1-2-8-4-5-17-12(8)10/h1-3,9,11,14H,4-7H2,(H,15,16). The minimum Gasteiger partial charge on any atom is -0.493 e. The summed E-state index contributed by atoms with van der Waals surface area (Å²) in [5.74, 6) is -0.0261. The molecule has 2 atom stereocenters. The number of carboxylic acid groups (broad SMARTS) is 1. The molecule has 1 aromatic rings. The first-order chi connectivity index (χ1) is 8.25. The molecule has 0 aromatic heterocycles. The van der Waals surface area contributed by atoms with Crippen LogP contribution < -0.4 is 10.1 Å². The zero-order valence-corrected chi connectivity index (χ0v) is 9.48. The van der Waals surface area contributed by atoms with Crippen LogP contribution in [0, 0.1) is 5.92 Å². The number of aliphatic carboxylic acids is 1. The number of carbonyl (C=O) groups is 1. The molecule has 0 amide bonds. The van der Waals surface area contributed by atoms with E-state index in [2.05, 4.69) is 11.4 Å². The third-order valence-corrected chi connectivity index (χ3v) is 3.60. The fraction of sp³-hybridized carbons (Fsp3) is 0.462. The Morgan fingerprint density at radius 1 is 1.47 bits per heavy atom. The Kier molecular flexibility index (Phi) is 2.52. The lowest BCUT2D eigenvalue weighted by molar-refractivity contribution is -0.141. The molecule has 4 nitrogen and oxygen atoms in total. The zero-order valence-electron chi connectivity index (χ0n) is 9.48. The van der Waals surface area contributed by atoms with Gasteiger partial charge in [-0.05, 0) is 12.0 Å². The summed E-state index contributed by atoms with van der Waals surface area (Å²) in [5, 5.41) is 12.3. The van der Waals surface area contributed by atoms with Crippen LogP contribution in [0.5, 0.6) is 5.75 Å². The van der Waals surface area contributed by atoms with Gasteiger partial charge in [0.1, 0.15) is 5.75 Å². The van der Waals surface area contributed by atoms with E-state index in [0.29, 0.717) is 13.0 Å². The van der Waals surface area contributed by atoms with Crippen molar-refractivity contribution < 1.29 is 14.6 Å². The molecule has 0 radical (unpaired) electrons. The maximum absolute atomic E-state index is 10.9. The SMILES string of the molecule is O=C(O)C1CNC(c2cccc3c2OCC3)C1. The lowest BCUT2D eigenvalue weighted by atomic mass is 9.97. The third-order valence-electron chi connectivity index (χ3n) is 3.60. The fourth-order valence-corrected chi connectivity index (χ4v) is 2.68. The molecule has 3 rings (SSSR count). The van der Waals surface area contributed by atoms with Gasteiger partial charge in [-0.2, -0.15) is 0 Å². The van der Waals surface area contributed by atoms with Crippen molar-refractivity contribution in [2.24, 2.45) is 5.92 Å². The van der Waals surface area contributed by atoms with Crippen LogP contribution in [0.3, 0.4) is 0 Å². The summed E-state index contributed by atoms with van der Waals surface area (Å²) in [5.41, 5.74) is 2.35. The van der Waals surface area contributed by atoms with Crippen LogP contribution in [-0.4, -0.2) is 24.2 Å². The van der Waals surface area contributed by atoms with Gasteiger partial charge in [-0.25, -0.2) is 0 Å². The average Bonchev–Trinajstić information content (AvgIpc) is 2.97. The fourth-order valence-electron chi connectivity index (χ4n) is 2.68. The summed E-state index contributed by atoms with van der Waals surface area (Å²) >= 11 is 0. The lowest BCUT2D eigenvalue weighted by Gasteiger charge is -2.14. The molecule has 1 aromatic carbocycles. The van der Waals surface area contributed by atoms with Gasteiger partial charge >= 0.3 is 5.97 Å². The van der Waals surface area contributed by atoms with E-state index in [0.717, 1.165) is 24.3 Å². The number of hydrogen-bond donors (Lipinski definition) is 2. The van der Waals surface area contributed by atoms with Gasteiger partial charge in [0.05, 0.1) is 12.5 Å². The van der Waals surface area contributed by atoms with Gasteiger partial charge in [0.15, 0.2) is 0 Å². The molecule has 2 unspecified atom stereocenters. The van der Waals surface area contributed by atoms with E-state index < -0.39 is 5.97 Å². The largest absolute Gasteiger partial charge is 0.493 e. The van der Waals surface area contributed by atoms with Gasteiger partial charge in [0, 0.05) is 24.6 Å². The highest BCUT2D eigenvalue weighted by molar-refractivity contribution is 5.71. The van der Waals surface area contributed by atoms with Crippen molar-refractivity contribution in [1.82, 2.24) is 5.32 Å². The van der Waals surface area contributed by atoms with E-state index >= 15 is 0 Å². The van der Waals surface area contributed by atoms with E-state index in [1.54, 1.807) is 0 Å². The molecule has 2 aliphatic heterocycles. The summed E-state index contributed by atoms with van der Waals surface area (Å²) in [6.07, 6.45) is 1.60. The first kappa shape index (κ1) is 10.6. The van der Waals surface area contributed by atoms with E-state index in [1.807, 2.05) is 12.1 Å². The molecular weight excluding hydrogens is 218 g/mol. The van der Waals surface area contributed by atoms with Gasteiger partial charge in [-0.1, -0.05) is 18.2 Å². The second-order valence-electron chi connectivity index (χ2n) is 4.67. The number of rotatable bonds is 2. The highest BCUT2D eigenvalue weighted by Crippen LogP contribution is 2.37. The molecule has 2 N–H and O–H groups in total. The highest BCUT2D eigenvalue weighted by atomic mass is 16.5. The Labute approximate surface area is 99.6 Å². The smallest absolute Gasteiger partial charge is 0.307 e. The molecule has 2 aliphatic rings. The summed E-state index contributed by atoms with van der Waals surface area (Å²) < 4.78 is 5.65. The van der Waals surface area contributed by atoms with Gasteiger partial charge < -0.3 is 15.2 Å². The predicted octanol–water partition coefficient (Wildman–Crippen LogP) is 1.36. The molecule has 0 bridgehead atoms. The Hall–Kier alpha value is -1.55. The van der Waals surface area contributed by atoms with E-state index in [1.165, 1.54) is 5.56 Å².